The number of fused-ring (bicyclic) bond motifs is 1. The molecule has 0 spiro atoms. The highest BCUT2D eigenvalue weighted by molar-refractivity contribution is 5.94. The van der Waals surface area contributed by atoms with E-state index in [0.717, 1.165) is 31.2 Å². The van der Waals surface area contributed by atoms with Crippen molar-refractivity contribution in [1.29, 1.82) is 0 Å². The van der Waals surface area contributed by atoms with Crippen LogP contribution in [0.15, 0.2) is 47.3 Å². The van der Waals surface area contributed by atoms with Gasteiger partial charge < -0.3 is 15.0 Å². The van der Waals surface area contributed by atoms with E-state index in [-0.39, 0.29) is 23.4 Å². The van der Waals surface area contributed by atoms with Crippen LogP contribution in [-0.4, -0.2) is 33.5 Å². The predicted molar refractivity (Wildman–Crippen MR) is 104 cm³/mol. The summed E-state index contributed by atoms with van der Waals surface area (Å²) in [6.45, 7) is 2.28. The molecule has 1 aliphatic heterocycles. The number of aromatic nitrogens is 1. The van der Waals surface area contributed by atoms with E-state index in [1.54, 1.807) is 13.0 Å². The maximum absolute atomic E-state index is 13.2. The Morgan fingerprint density at radius 2 is 1.93 bits per heavy atom. The second-order valence-corrected chi connectivity index (χ2v) is 7.91. The van der Waals surface area contributed by atoms with Crippen LogP contribution in [-0.2, 0) is 5.60 Å². The molecule has 1 aromatic carbocycles. The molecule has 0 bridgehead atoms. The van der Waals surface area contributed by atoms with Gasteiger partial charge in [-0.15, -0.1) is 0 Å². The van der Waals surface area contributed by atoms with Gasteiger partial charge in [-0.2, -0.15) is 0 Å². The molecule has 142 valence electrons. The summed E-state index contributed by atoms with van der Waals surface area (Å²) in [6, 6.07) is 13.0. The van der Waals surface area contributed by atoms with Gasteiger partial charge >= 0.3 is 0 Å². The Hall–Kier alpha value is -2.40. The zero-order valence-corrected chi connectivity index (χ0v) is 15.6. The second-order valence-electron chi connectivity index (χ2n) is 7.91. The number of hydrogen-bond donors (Lipinski definition) is 2. The van der Waals surface area contributed by atoms with Crippen molar-refractivity contribution in [2.45, 2.75) is 50.7 Å². The summed E-state index contributed by atoms with van der Waals surface area (Å²) in [5.41, 5.74) is 0.916. The SMILES string of the molecule is Cc1cc(C(=O)N2CC[C@@](O)(c3ccccc3)[C@@H]3CCCCC32)cc(=O)[nH]1. The Morgan fingerprint density at radius 3 is 2.67 bits per heavy atom. The number of carbonyl (C=O) groups excluding carboxylic acids is 1. The molecular weight excluding hydrogens is 340 g/mol. The molecule has 1 aromatic heterocycles. The molecule has 1 saturated carbocycles. The topological polar surface area (TPSA) is 73.4 Å². The highest BCUT2D eigenvalue weighted by atomic mass is 16.3. The second kappa shape index (κ2) is 6.97. The van der Waals surface area contributed by atoms with E-state index in [4.69, 9.17) is 0 Å². The summed E-state index contributed by atoms with van der Waals surface area (Å²) in [6.07, 6.45) is 4.46. The van der Waals surface area contributed by atoms with Crippen LogP contribution in [0.5, 0.6) is 0 Å². The fraction of sp³-hybridized carbons (Fsp3) is 0.455. The zero-order chi connectivity index (χ0) is 19.0. The van der Waals surface area contributed by atoms with E-state index in [0.29, 0.717) is 24.2 Å². The fourth-order valence-electron chi connectivity index (χ4n) is 4.99. The van der Waals surface area contributed by atoms with Gasteiger partial charge in [-0.25, -0.2) is 0 Å². The van der Waals surface area contributed by atoms with Crippen LogP contribution in [0.2, 0.25) is 0 Å². The first-order valence-corrected chi connectivity index (χ1v) is 9.79. The Kier molecular flexibility index (Phi) is 4.64. The molecule has 1 aliphatic carbocycles. The first kappa shape index (κ1) is 18.0. The highest BCUT2D eigenvalue weighted by Crippen LogP contribution is 2.47. The van der Waals surface area contributed by atoms with Crippen LogP contribution in [0.4, 0.5) is 0 Å². The molecule has 2 fully saturated rings. The average molecular weight is 366 g/mol. The van der Waals surface area contributed by atoms with Crippen molar-refractivity contribution in [2.24, 2.45) is 5.92 Å². The van der Waals surface area contributed by atoms with Gasteiger partial charge in [0.25, 0.3) is 5.91 Å². The molecule has 4 rings (SSSR count). The van der Waals surface area contributed by atoms with Crippen molar-refractivity contribution in [3.05, 3.63) is 69.6 Å². The Bertz CT molecular complexity index is 892. The average Bonchev–Trinajstić information content (AvgIpc) is 2.68. The summed E-state index contributed by atoms with van der Waals surface area (Å²) in [5, 5.41) is 11.6. The number of nitrogens with zero attached hydrogens (tertiary/aromatic N) is 1. The molecule has 5 nitrogen and oxygen atoms in total. The van der Waals surface area contributed by atoms with Gasteiger partial charge in [-0.05, 0) is 37.8 Å². The zero-order valence-electron chi connectivity index (χ0n) is 15.6. The van der Waals surface area contributed by atoms with E-state index in [2.05, 4.69) is 4.98 Å². The lowest BCUT2D eigenvalue weighted by Crippen LogP contribution is -2.59. The number of amides is 1. The van der Waals surface area contributed by atoms with Crippen LogP contribution < -0.4 is 5.56 Å². The minimum atomic E-state index is -0.896. The molecular formula is C22H26N2O3. The molecule has 3 atom stereocenters. The third-order valence-electron chi connectivity index (χ3n) is 6.24. The number of hydrogen-bond acceptors (Lipinski definition) is 3. The molecule has 2 aliphatic rings. The Balaban J connectivity index is 1.67. The standard InChI is InChI=1S/C22H26N2O3/c1-15-13-16(14-20(25)23-15)21(26)24-12-11-22(27,17-7-3-2-4-8-17)18-9-5-6-10-19(18)24/h2-4,7-8,13-14,18-19,27H,5-6,9-12H2,1H3,(H,23,25)/t18-,19?,22-/m1/s1. The van der Waals surface area contributed by atoms with E-state index in [1.165, 1.54) is 6.07 Å². The number of piperidine rings is 1. The minimum absolute atomic E-state index is 0.00444. The predicted octanol–water partition coefficient (Wildman–Crippen LogP) is 2.98. The minimum Gasteiger partial charge on any atom is -0.385 e. The maximum Gasteiger partial charge on any atom is 0.254 e. The van der Waals surface area contributed by atoms with Gasteiger partial charge in [0.2, 0.25) is 5.56 Å². The lowest BCUT2D eigenvalue weighted by molar-refractivity contribution is -0.110. The number of H-pyrrole nitrogens is 1. The number of aromatic amines is 1. The monoisotopic (exact) mass is 366 g/mol. The summed E-state index contributed by atoms with van der Waals surface area (Å²) in [7, 11) is 0. The van der Waals surface area contributed by atoms with Gasteiger partial charge in [0.05, 0.1) is 5.60 Å². The van der Waals surface area contributed by atoms with E-state index in [9.17, 15) is 14.7 Å². The van der Waals surface area contributed by atoms with Crippen LogP contribution in [0.1, 0.15) is 53.7 Å². The van der Waals surface area contributed by atoms with Gasteiger partial charge in [-0.3, -0.25) is 9.59 Å². The molecule has 27 heavy (non-hydrogen) atoms. The lowest BCUT2D eigenvalue weighted by atomic mass is 9.66. The van der Waals surface area contributed by atoms with Crippen molar-refractivity contribution >= 4 is 5.91 Å². The number of rotatable bonds is 2. The third kappa shape index (κ3) is 3.21. The number of pyridine rings is 1. The normalized spacial score (nSPS) is 27.9. The van der Waals surface area contributed by atoms with Gasteiger partial charge in [0.1, 0.15) is 0 Å². The van der Waals surface area contributed by atoms with Crippen molar-refractivity contribution in [3.8, 4) is 0 Å². The smallest absolute Gasteiger partial charge is 0.254 e. The van der Waals surface area contributed by atoms with Gasteiger partial charge in [0, 0.05) is 35.8 Å². The third-order valence-corrected chi connectivity index (χ3v) is 6.24. The fourth-order valence-corrected chi connectivity index (χ4v) is 4.99. The van der Waals surface area contributed by atoms with Crippen molar-refractivity contribution in [2.75, 3.05) is 6.54 Å². The molecule has 2 N–H and O–H groups in total. The van der Waals surface area contributed by atoms with E-state index in [1.807, 2.05) is 35.2 Å². The van der Waals surface area contributed by atoms with Crippen LogP contribution in [0, 0.1) is 12.8 Å². The van der Waals surface area contributed by atoms with Crippen molar-refractivity contribution in [3.63, 3.8) is 0 Å². The quantitative estimate of drug-likeness (QED) is 0.858. The van der Waals surface area contributed by atoms with Crippen molar-refractivity contribution < 1.29 is 9.90 Å². The van der Waals surface area contributed by atoms with E-state index >= 15 is 0 Å². The summed E-state index contributed by atoms with van der Waals surface area (Å²) < 4.78 is 0. The Morgan fingerprint density at radius 1 is 1.19 bits per heavy atom. The molecule has 1 unspecified atom stereocenters. The number of nitrogens with one attached hydrogen (secondary N) is 1. The molecule has 2 aromatic rings. The van der Waals surface area contributed by atoms with Crippen LogP contribution >= 0.6 is 0 Å². The lowest BCUT2D eigenvalue weighted by Gasteiger charge is -2.52. The number of likely N-dealkylation sites (tertiary alicyclic amines) is 1. The largest absolute Gasteiger partial charge is 0.385 e. The maximum atomic E-state index is 13.2. The van der Waals surface area contributed by atoms with Crippen molar-refractivity contribution in [1.82, 2.24) is 9.88 Å². The van der Waals surface area contributed by atoms with Gasteiger partial charge in [0.15, 0.2) is 0 Å². The molecule has 5 heteroatoms. The highest BCUT2D eigenvalue weighted by Gasteiger charge is 2.50. The Labute approximate surface area is 159 Å². The summed E-state index contributed by atoms with van der Waals surface area (Å²) in [5.74, 6) is -0.0781. The molecule has 1 amide bonds. The molecule has 2 heterocycles. The summed E-state index contributed by atoms with van der Waals surface area (Å²) >= 11 is 0. The van der Waals surface area contributed by atoms with Gasteiger partial charge in [-0.1, -0.05) is 43.2 Å². The number of carbonyl (C=O) groups is 1. The molecule has 1 saturated heterocycles. The van der Waals surface area contributed by atoms with E-state index < -0.39 is 5.60 Å². The number of benzene rings is 1. The van der Waals surface area contributed by atoms with Crippen LogP contribution in [0.25, 0.3) is 0 Å². The first-order chi connectivity index (χ1) is 13.0. The first-order valence-electron chi connectivity index (χ1n) is 9.79. The summed E-state index contributed by atoms with van der Waals surface area (Å²) in [4.78, 5) is 29.6. The van der Waals surface area contributed by atoms with Crippen LogP contribution in [0.3, 0.4) is 0 Å². The molecule has 0 radical (unpaired) electrons. The number of aliphatic hydroxyl groups is 1. The number of aryl methyl sites for hydroxylation is 1.